The molecule has 3 N–H and O–H groups in total. The first-order chi connectivity index (χ1) is 16.6. The number of anilines is 1. The normalized spacial score (nSPS) is 11.3. The van der Waals surface area contributed by atoms with Gasteiger partial charge in [0, 0.05) is 37.5 Å². The number of carbonyl (C=O) groups excluding carboxylic acids is 3. The van der Waals surface area contributed by atoms with Crippen molar-refractivity contribution >= 4 is 34.3 Å². The molecule has 2 aromatic heterocycles. The van der Waals surface area contributed by atoms with Crippen molar-refractivity contribution in [3.05, 3.63) is 53.5 Å². The molecule has 2 heterocycles. The Balaban J connectivity index is 1.64. The van der Waals surface area contributed by atoms with Crippen LogP contribution in [0.25, 0.3) is 10.9 Å². The smallest absolute Gasteiger partial charge is 0.375 e. The number of amides is 3. The monoisotopic (exact) mass is 492 g/mol. The second-order valence-electron chi connectivity index (χ2n) is 7.55. The van der Waals surface area contributed by atoms with Crippen LogP contribution in [-0.4, -0.2) is 59.3 Å². The van der Waals surface area contributed by atoms with Crippen LogP contribution >= 0.6 is 0 Å². The van der Waals surface area contributed by atoms with E-state index in [1.54, 1.807) is 25.3 Å². The van der Waals surface area contributed by atoms with Gasteiger partial charge in [-0.25, -0.2) is 4.98 Å². The molecule has 3 rings (SSSR count). The Labute approximate surface area is 197 Å². The van der Waals surface area contributed by atoms with Crippen molar-refractivity contribution in [1.29, 1.82) is 0 Å². The fourth-order valence-corrected chi connectivity index (χ4v) is 3.14. The highest BCUT2D eigenvalue weighted by molar-refractivity contribution is 6.04. The molecule has 0 aliphatic heterocycles. The van der Waals surface area contributed by atoms with Gasteiger partial charge in [0.2, 0.25) is 11.8 Å². The average Bonchev–Trinajstić information content (AvgIpc) is 3.17. The van der Waals surface area contributed by atoms with Gasteiger partial charge < -0.3 is 20.7 Å². The first kappa shape index (κ1) is 25.6. The summed E-state index contributed by atoms with van der Waals surface area (Å²) >= 11 is 0. The topological polar surface area (TPSA) is 127 Å². The molecule has 186 valence electrons. The van der Waals surface area contributed by atoms with E-state index in [4.69, 9.17) is 0 Å². The lowest BCUT2D eigenvalue weighted by Gasteiger charge is -2.10. The molecule has 0 spiro atoms. The number of aryl methyl sites for hydroxylation is 1. The number of nitrogens with zero attached hydrogens (tertiary/aromatic N) is 3. The van der Waals surface area contributed by atoms with Gasteiger partial charge >= 0.3 is 6.18 Å². The van der Waals surface area contributed by atoms with Gasteiger partial charge in [0.1, 0.15) is 24.5 Å². The molecule has 1 aromatic carbocycles. The van der Waals surface area contributed by atoms with E-state index in [0.29, 0.717) is 22.2 Å². The summed E-state index contributed by atoms with van der Waals surface area (Å²) in [4.78, 5) is 39.3. The van der Waals surface area contributed by atoms with Crippen LogP contribution in [-0.2, 0) is 27.0 Å². The maximum absolute atomic E-state index is 12.9. The van der Waals surface area contributed by atoms with E-state index in [-0.39, 0.29) is 43.7 Å². The Kier molecular flexibility index (Phi) is 8.02. The Morgan fingerprint density at radius 2 is 1.80 bits per heavy atom. The zero-order valence-electron chi connectivity index (χ0n) is 18.9. The summed E-state index contributed by atoms with van der Waals surface area (Å²) in [6.45, 7) is 2.05. The molecule has 0 radical (unpaired) electrons. The molecule has 0 unspecified atom stereocenters. The molecule has 10 nitrogen and oxygen atoms in total. The molecular formula is C22H23F3N6O4. The van der Waals surface area contributed by atoms with Gasteiger partial charge in [-0.05, 0) is 36.8 Å². The van der Waals surface area contributed by atoms with Gasteiger partial charge in [0.15, 0.2) is 0 Å². The van der Waals surface area contributed by atoms with Gasteiger partial charge in [0.05, 0.1) is 5.52 Å². The highest BCUT2D eigenvalue weighted by Crippen LogP contribution is 2.28. The third kappa shape index (κ3) is 6.99. The summed E-state index contributed by atoms with van der Waals surface area (Å²) in [5, 5.41) is 12.8. The first-order valence-corrected chi connectivity index (χ1v) is 10.4. The van der Waals surface area contributed by atoms with Crippen molar-refractivity contribution in [3.8, 4) is 0 Å². The number of alkyl halides is 3. The predicted octanol–water partition coefficient (Wildman–Crippen LogP) is 1.89. The van der Waals surface area contributed by atoms with Crippen molar-refractivity contribution in [1.82, 2.24) is 25.4 Å². The maximum Gasteiger partial charge on any atom is 0.433 e. The summed E-state index contributed by atoms with van der Waals surface area (Å²) in [6.07, 6.45) is -3.06. The molecule has 0 aliphatic carbocycles. The fraction of sp³-hybridized carbons (Fsp3) is 0.318. The number of aromatic nitrogens is 3. The van der Waals surface area contributed by atoms with Crippen molar-refractivity contribution in [3.63, 3.8) is 0 Å². The Bertz CT molecular complexity index is 1240. The minimum Gasteiger partial charge on any atom is -0.375 e. The van der Waals surface area contributed by atoms with E-state index in [9.17, 15) is 27.6 Å². The van der Waals surface area contributed by atoms with Gasteiger partial charge in [0.25, 0.3) is 5.91 Å². The molecule has 0 saturated heterocycles. The van der Waals surface area contributed by atoms with Crippen LogP contribution in [0.3, 0.4) is 0 Å². The third-order valence-corrected chi connectivity index (χ3v) is 4.77. The Hall–Kier alpha value is -4.00. The lowest BCUT2D eigenvalue weighted by atomic mass is 10.1. The second kappa shape index (κ2) is 11.0. The predicted molar refractivity (Wildman–Crippen MR) is 120 cm³/mol. The largest absolute Gasteiger partial charge is 0.433 e. The molecule has 0 aliphatic rings. The lowest BCUT2D eigenvalue weighted by molar-refractivity contribution is -0.141. The molecule has 0 bridgehead atoms. The van der Waals surface area contributed by atoms with Gasteiger partial charge in [-0.3, -0.25) is 19.1 Å². The van der Waals surface area contributed by atoms with Gasteiger partial charge in [-0.15, -0.1) is 0 Å². The number of carbonyl (C=O) groups is 3. The number of rotatable bonds is 9. The number of pyridine rings is 1. The van der Waals surface area contributed by atoms with E-state index in [1.165, 1.54) is 17.9 Å². The summed E-state index contributed by atoms with van der Waals surface area (Å²) in [7, 11) is 1.40. The second-order valence-corrected chi connectivity index (χ2v) is 7.55. The fourth-order valence-electron chi connectivity index (χ4n) is 3.14. The van der Waals surface area contributed by atoms with Crippen molar-refractivity contribution in [2.75, 3.05) is 32.1 Å². The van der Waals surface area contributed by atoms with Gasteiger partial charge in [-0.2, -0.15) is 18.3 Å². The minimum absolute atomic E-state index is 0.0634. The van der Waals surface area contributed by atoms with Crippen LogP contribution in [0, 0.1) is 6.92 Å². The van der Waals surface area contributed by atoms with E-state index >= 15 is 0 Å². The molecule has 3 amide bonds. The van der Waals surface area contributed by atoms with E-state index in [0.717, 1.165) is 12.1 Å². The third-order valence-electron chi connectivity index (χ3n) is 4.77. The molecular weight excluding hydrogens is 469 g/mol. The number of nitrogens with one attached hydrogen (secondary N) is 3. The SMILES string of the molecule is COCC(=O)NCCNC(=O)Cn1cc2cc(NC(=O)c3cccc(C(F)(F)F)n3)c(C)cc2n1. The summed E-state index contributed by atoms with van der Waals surface area (Å²) in [5.41, 5.74) is 0.0356. The van der Waals surface area contributed by atoms with Crippen LogP contribution in [0.5, 0.6) is 0 Å². The van der Waals surface area contributed by atoms with Gasteiger partial charge in [-0.1, -0.05) is 6.07 Å². The first-order valence-electron chi connectivity index (χ1n) is 10.4. The highest BCUT2D eigenvalue weighted by atomic mass is 19.4. The number of methoxy groups -OCH3 is 1. The van der Waals surface area contributed by atoms with Crippen molar-refractivity contribution in [2.45, 2.75) is 19.6 Å². The lowest BCUT2D eigenvalue weighted by Crippen LogP contribution is -2.37. The quantitative estimate of drug-likeness (QED) is 0.392. The molecule has 0 saturated carbocycles. The number of halogens is 3. The molecule has 0 atom stereocenters. The molecule has 13 heteroatoms. The molecule has 3 aromatic rings. The summed E-state index contributed by atoms with van der Waals surface area (Å²) < 4.78 is 44.8. The Morgan fingerprint density at radius 3 is 2.49 bits per heavy atom. The number of benzene rings is 1. The maximum atomic E-state index is 12.9. The van der Waals surface area contributed by atoms with Crippen molar-refractivity contribution in [2.24, 2.45) is 0 Å². The number of ether oxygens (including phenoxy) is 1. The summed E-state index contributed by atoms with van der Waals surface area (Å²) in [5.74, 6) is -1.40. The highest BCUT2D eigenvalue weighted by Gasteiger charge is 2.33. The number of fused-ring (bicyclic) bond motifs is 1. The zero-order valence-corrected chi connectivity index (χ0v) is 18.9. The molecule has 0 fully saturated rings. The van der Waals surface area contributed by atoms with Crippen LogP contribution in [0.4, 0.5) is 18.9 Å². The van der Waals surface area contributed by atoms with Crippen molar-refractivity contribution < 1.29 is 32.3 Å². The van der Waals surface area contributed by atoms with Crippen LogP contribution < -0.4 is 16.0 Å². The van der Waals surface area contributed by atoms with Crippen LogP contribution in [0.15, 0.2) is 36.5 Å². The number of hydrogen-bond donors (Lipinski definition) is 3. The summed E-state index contributed by atoms with van der Waals surface area (Å²) in [6, 6.07) is 6.39. The van der Waals surface area contributed by atoms with Crippen LogP contribution in [0.1, 0.15) is 21.7 Å². The van der Waals surface area contributed by atoms with Crippen LogP contribution in [0.2, 0.25) is 0 Å². The minimum atomic E-state index is -4.66. The number of hydrogen-bond acceptors (Lipinski definition) is 6. The Morgan fingerprint density at radius 1 is 1.09 bits per heavy atom. The standard InChI is InChI=1S/C22H23F3N6O4/c1-13-8-17-14(10-31(30-17)11-19(32)26-6-7-27-20(33)12-35-2)9-16(13)29-21(34)15-4-3-5-18(28-15)22(23,24)25/h3-5,8-10H,6-7,11-12H2,1-2H3,(H,26,32)(H,27,33)(H,29,34). The molecule has 35 heavy (non-hydrogen) atoms. The van der Waals surface area contributed by atoms with E-state index < -0.39 is 17.8 Å². The van der Waals surface area contributed by atoms with E-state index in [2.05, 4.69) is 30.8 Å². The zero-order chi connectivity index (χ0) is 25.6. The van der Waals surface area contributed by atoms with E-state index in [1.807, 2.05) is 0 Å². The average molecular weight is 492 g/mol.